The summed E-state index contributed by atoms with van der Waals surface area (Å²) in [5.41, 5.74) is 2.90. The fourth-order valence-corrected chi connectivity index (χ4v) is 3.69. The average Bonchev–Trinajstić information content (AvgIpc) is 3.31. The average molecular weight is 349 g/mol. The molecule has 2 aromatic heterocycles. The van der Waals surface area contributed by atoms with E-state index in [1.54, 1.807) is 6.20 Å². The molecule has 6 nitrogen and oxygen atoms in total. The van der Waals surface area contributed by atoms with Crippen molar-refractivity contribution in [1.29, 1.82) is 0 Å². The first kappa shape index (κ1) is 16.6. The number of aromatic nitrogens is 4. The number of carbonyl (C=O) groups excluding carboxylic acids is 1. The van der Waals surface area contributed by atoms with Crippen molar-refractivity contribution in [2.75, 3.05) is 6.54 Å². The van der Waals surface area contributed by atoms with Gasteiger partial charge in [-0.15, -0.1) is 0 Å². The lowest BCUT2D eigenvalue weighted by Crippen LogP contribution is -2.40. The van der Waals surface area contributed by atoms with E-state index in [0.717, 1.165) is 42.9 Å². The zero-order valence-corrected chi connectivity index (χ0v) is 15.0. The van der Waals surface area contributed by atoms with Gasteiger partial charge < -0.3 is 4.90 Å². The van der Waals surface area contributed by atoms with Gasteiger partial charge in [0.15, 0.2) is 0 Å². The maximum Gasteiger partial charge on any atom is 0.229 e. The molecule has 1 aliphatic heterocycles. The second kappa shape index (κ2) is 7.15. The van der Waals surface area contributed by atoms with Crippen molar-refractivity contribution >= 4 is 5.91 Å². The van der Waals surface area contributed by atoms with Gasteiger partial charge in [-0.2, -0.15) is 10.2 Å². The Morgan fingerprint density at radius 2 is 2.00 bits per heavy atom. The van der Waals surface area contributed by atoms with E-state index >= 15 is 0 Å². The molecule has 0 spiro atoms. The molecule has 4 rings (SSSR count). The van der Waals surface area contributed by atoms with E-state index in [4.69, 9.17) is 0 Å². The molecule has 1 aliphatic rings. The number of aryl methyl sites for hydroxylation is 1. The number of hydrogen-bond acceptors (Lipinski definition) is 3. The number of likely N-dealkylation sites (tertiary alicyclic amines) is 1. The van der Waals surface area contributed by atoms with Crippen LogP contribution in [0.1, 0.15) is 36.7 Å². The Labute approximate surface area is 153 Å². The molecule has 1 amide bonds. The van der Waals surface area contributed by atoms with E-state index < -0.39 is 0 Å². The summed E-state index contributed by atoms with van der Waals surface area (Å²) in [6.07, 6.45) is 7.22. The molecule has 1 unspecified atom stereocenters. The predicted octanol–water partition coefficient (Wildman–Crippen LogP) is 2.90. The molecule has 0 N–H and O–H groups in total. The van der Waals surface area contributed by atoms with Gasteiger partial charge in [0, 0.05) is 26.0 Å². The van der Waals surface area contributed by atoms with Crippen LogP contribution in [0.4, 0.5) is 0 Å². The molecule has 134 valence electrons. The molecular weight excluding hydrogens is 326 g/mol. The van der Waals surface area contributed by atoms with Crippen molar-refractivity contribution in [3.63, 3.8) is 0 Å². The van der Waals surface area contributed by atoms with Crippen molar-refractivity contribution in [2.24, 2.45) is 7.05 Å². The van der Waals surface area contributed by atoms with E-state index in [9.17, 15) is 4.79 Å². The Morgan fingerprint density at radius 3 is 2.77 bits per heavy atom. The summed E-state index contributed by atoms with van der Waals surface area (Å²) in [7, 11) is 1.94. The number of rotatable bonds is 4. The lowest BCUT2D eigenvalue weighted by molar-refractivity contribution is -0.134. The minimum absolute atomic E-state index is 0.111. The molecular formula is C20H23N5O. The van der Waals surface area contributed by atoms with Crippen molar-refractivity contribution in [2.45, 2.75) is 31.7 Å². The SMILES string of the molecule is Cn1nccc1C1CCCCN1C(=O)Cc1ccn(-c2ccccc2)n1. The highest BCUT2D eigenvalue weighted by Gasteiger charge is 2.29. The number of nitrogens with zero attached hydrogens (tertiary/aromatic N) is 5. The second-order valence-electron chi connectivity index (χ2n) is 6.74. The summed E-state index contributed by atoms with van der Waals surface area (Å²) in [5.74, 6) is 0.134. The van der Waals surface area contributed by atoms with Crippen molar-refractivity contribution < 1.29 is 4.79 Å². The van der Waals surface area contributed by atoms with E-state index in [1.165, 1.54) is 0 Å². The Bertz CT molecular complexity index is 883. The van der Waals surface area contributed by atoms with E-state index in [0.29, 0.717) is 6.42 Å². The van der Waals surface area contributed by atoms with Crippen molar-refractivity contribution in [3.8, 4) is 5.69 Å². The molecule has 26 heavy (non-hydrogen) atoms. The third kappa shape index (κ3) is 3.27. The van der Waals surface area contributed by atoms with Crippen LogP contribution in [0.25, 0.3) is 5.69 Å². The Balaban J connectivity index is 1.50. The first-order chi connectivity index (χ1) is 12.7. The Hall–Kier alpha value is -2.89. The number of carbonyl (C=O) groups is 1. The van der Waals surface area contributed by atoms with Crippen LogP contribution in [-0.4, -0.2) is 36.9 Å². The summed E-state index contributed by atoms with van der Waals surface area (Å²) in [6.45, 7) is 0.800. The predicted molar refractivity (Wildman–Crippen MR) is 98.8 cm³/mol. The van der Waals surface area contributed by atoms with Crippen molar-refractivity contribution in [3.05, 3.63) is 66.2 Å². The van der Waals surface area contributed by atoms with Gasteiger partial charge in [0.05, 0.1) is 29.5 Å². The normalized spacial score (nSPS) is 17.4. The maximum atomic E-state index is 13.0. The molecule has 6 heteroatoms. The third-order valence-electron chi connectivity index (χ3n) is 5.02. The zero-order valence-electron chi connectivity index (χ0n) is 15.0. The minimum atomic E-state index is 0.111. The van der Waals surface area contributed by atoms with Crippen LogP contribution < -0.4 is 0 Å². The third-order valence-corrected chi connectivity index (χ3v) is 5.02. The van der Waals surface area contributed by atoms with Gasteiger partial charge in [-0.3, -0.25) is 9.48 Å². The molecule has 1 atom stereocenters. The van der Waals surface area contributed by atoms with Gasteiger partial charge >= 0.3 is 0 Å². The van der Waals surface area contributed by atoms with Crippen LogP contribution in [0, 0.1) is 0 Å². The largest absolute Gasteiger partial charge is 0.334 e. The highest BCUT2D eigenvalue weighted by Crippen LogP contribution is 2.30. The molecule has 1 saturated heterocycles. The topological polar surface area (TPSA) is 56.0 Å². The van der Waals surface area contributed by atoms with Crippen molar-refractivity contribution in [1.82, 2.24) is 24.5 Å². The Morgan fingerprint density at radius 1 is 1.15 bits per heavy atom. The van der Waals surface area contributed by atoms with Gasteiger partial charge in [0.25, 0.3) is 0 Å². The molecule has 3 heterocycles. The highest BCUT2D eigenvalue weighted by atomic mass is 16.2. The fraction of sp³-hybridized carbons (Fsp3) is 0.350. The molecule has 0 aliphatic carbocycles. The van der Waals surface area contributed by atoms with Crippen LogP contribution in [0.5, 0.6) is 0 Å². The summed E-state index contributed by atoms with van der Waals surface area (Å²) in [6, 6.07) is 14.0. The number of piperidine rings is 1. The number of amides is 1. The van der Waals surface area contributed by atoms with Crippen LogP contribution in [0.3, 0.4) is 0 Å². The zero-order chi connectivity index (χ0) is 17.9. The van der Waals surface area contributed by atoms with Gasteiger partial charge in [0.2, 0.25) is 5.91 Å². The number of benzene rings is 1. The lowest BCUT2D eigenvalue weighted by Gasteiger charge is -2.35. The quantitative estimate of drug-likeness (QED) is 0.728. The first-order valence-electron chi connectivity index (χ1n) is 9.10. The summed E-state index contributed by atoms with van der Waals surface area (Å²) in [4.78, 5) is 15.0. The first-order valence-corrected chi connectivity index (χ1v) is 9.10. The Kier molecular flexibility index (Phi) is 4.56. The smallest absolute Gasteiger partial charge is 0.229 e. The standard InChI is InChI=1S/C20H23N5O/c1-23-18(10-12-21-23)19-9-5-6-13-24(19)20(26)15-16-11-14-25(22-16)17-7-3-2-4-8-17/h2-4,7-8,10-12,14,19H,5-6,9,13,15H2,1H3. The van der Waals surface area contributed by atoms with Crippen LogP contribution in [-0.2, 0) is 18.3 Å². The fourth-order valence-electron chi connectivity index (χ4n) is 3.69. The van der Waals surface area contributed by atoms with Gasteiger partial charge in [-0.25, -0.2) is 4.68 Å². The van der Waals surface area contributed by atoms with Crippen LogP contribution in [0.2, 0.25) is 0 Å². The van der Waals surface area contributed by atoms with E-state index in [-0.39, 0.29) is 11.9 Å². The molecule has 3 aromatic rings. The van der Waals surface area contributed by atoms with E-state index in [1.807, 2.05) is 70.0 Å². The van der Waals surface area contributed by atoms with Crippen LogP contribution >= 0.6 is 0 Å². The van der Waals surface area contributed by atoms with Gasteiger partial charge in [-0.05, 0) is 43.5 Å². The molecule has 1 fully saturated rings. The lowest BCUT2D eigenvalue weighted by atomic mass is 9.98. The summed E-state index contributed by atoms with van der Waals surface area (Å²) in [5, 5.41) is 8.84. The highest BCUT2D eigenvalue weighted by molar-refractivity contribution is 5.79. The maximum absolute atomic E-state index is 13.0. The van der Waals surface area contributed by atoms with Crippen LogP contribution in [0.15, 0.2) is 54.9 Å². The number of hydrogen-bond donors (Lipinski definition) is 0. The number of para-hydroxylation sites is 1. The second-order valence-corrected chi connectivity index (χ2v) is 6.74. The van der Waals surface area contributed by atoms with E-state index in [2.05, 4.69) is 10.2 Å². The minimum Gasteiger partial charge on any atom is -0.334 e. The monoisotopic (exact) mass is 349 g/mol. The van der Waals surface area contributed by atoms with Gasteiger partial charge in [-0.1, -0.05) is 18.2 Å². The van der Waals surface area contributed by atoms with Gasteiger partial charge in [0.1, 0.15) is 0 Å². The molecule has 0 bridgehead atoms. The molecule has 0 radical (unpaired) electrons. The molecule has 0 saturated carbocycles. The molecule has 1 aromatic carbocycles. The summed E-state index contributed by atoms with van der Waals surface area (Å²) < 4.78 is 3.69. The summed E-state index contributed by atoms with van der Waals surface area (Å²) >= 11 is 0.